The Kier molecular flexibility index (Phi) is 3.96. The maximum Gasteiger partial charge on any atom is 0.239 e. The van der Waals surface area contributed by atoms with E-state index in [0.717, 1.165) is 17.5 Å². The second kappa shape index (κ2) is 5.66. The van der Waals surface area contributed by atoms with Crippen molar-refractivity contribution < 1.29 is 9.90 Å². The van der Waals surface area contributed by atoms with Crippen molar-refractivity contribution in [3.63, 3.8) is 0 Å². The summed E-state index contributed by atoms with van der Waals surface area (Å²) in [5.41, 5.74) is 7.64. The quantitative estimate of drug-likeness (QED) is 0.606. The van der Waals surface area contributed by atoms with Gasteiger partial charge in [-0.3, -0.25) is 4.79 Å². The molecule has 0 saturated heterocycles. The van der Waals surface area contributed by atoms with Crippen molar-refractivity contribution in [1.82, 2.24) is 10.3 Å². The fourth-order valence-electron chi connectivity index (χ4n) is 1.87. The minimum atomic E-state index is -0.840. The van der Waals surface area contributed by atoms with Crippen LogP contribution in [0.2, 0.25) is 0 Å². The van der Waals surface area contributed by atoms with Gasteiger partial charge >= 0.3 is 0 Å². The first-order chi connectivity index (χ1) is 8.72. The average molecular weight is 247 g/mol. The highest BCUT2D eigenvalue weighted by molar-refractivity contribution is 5.83. The first kappa shape index (κ1) is 12.6. The van der Waals surface area contributed by atoms with Crippen LogP contribution in [0.3, 0.4) is 0 Å². The Hall–Kier alpha value is -1.85. The van der Waals surface area contributed by atoms with E-state index in [2.05, 4.69) is 10.3 Å². The summed E-state index contributed by atoms with van der Waals surface area (Å²) in [6.07, 6.45) is 2.68. The zero-order chi connectivity index (χ0) is 13.0. The minimum Gasteiger partial charge on any atom is -0.394 e. The van der Waals surface area contributed by atoms with E-state index in [4.69, 9.17) is 10.8 Å². The van der Waals surface area contributed by atoms with Crippen LogP contribution < -0.4 is 11.1 Å². The standard InChI is InChI=1S/C13H17N3O2/c14-11(8-17)13(18)15-6-5-9-7-16-12-4-2-1-3-10(9)12/h1-4,7,11,16-17H,5-6,8,14H2,(H,15,18)/t11-/m0/s1. The van der Waals surface area contributed by atoms with E-state index in [-0.39, 0.29) is 12.5 Å². The van der Waals surface area contributed by atoms with E-state index in [1.165, 1.54) is 5.39 Å². The highest BCUT2D eigenvalue weighted by Crippen LogP contribution is 2.17. The number of amides is 1. The molecule has 0 unspecified atom stereocenters. The molecule has 1 aromatic heterocycles. The predicted octanol–water partition coefficient (Wildman–Crippen LogP) is 0.146. The molecule has 2 aromatic rings. The third kappa shape index (κ3) is 2.69. The highest BCUT2D eigenvalue weighted by Gasteiger charge is 2.11. The highest BCUT2D eigenvalue weighted by atomic mass is 16.3. The number of hydrogen-bond acceptors (Lipinski definition) is 3. The lowest BCUT2D eigenvalue weighted by Crippen LogP contribution is -2.43. The molecule has 5 heteroatoms. The lowest BCUT2D eigenvalue weighted by molar-refractivity contribution is -0.123. The van der Waals surface area contributed by atoms with E-state index < -0.39 is 6.04 Å². The summed E-state index contributed by atoms with van der Waals surface area (Å²) < 4.78 is 0. The van der Waals surface area contributed by atoms with Gasteiger partial charge in [0.25, 0.3) is 0 Å². The van der Waals surface area contributed by atoms with Crippen molar-refractivity contribution in [2.75, 3.05) is 13.2 Å². The number of para-hydroxylation sites is 1. The summed E-state index contributed by atoms with van der Waals surface area (Å²) >= 11 is 0. The number of rotatable bonds is 5. The van der Waals surface area contributed by atoms with Crippen LogP contribution in [0.15, 0.2) is 30.5 Å². The normalized spacial score (nSPS) is 12.6. The second-order valence-electron chi connectivity index (χ2n) is 4.19. The molecule has 0 spiro atoms. The number of aromatic nitrogens is 1. The zero-order valence-corrected chi connectivity index (χ0v) is 10.0. The smallest absolute Gasteiger partial charge is 0.239 e. The maximum atomic E-state index is 11.4. The molecule has 1 heterocycles. The summed E-state index contributed by atoms with van der Waals surface area (Å²) in [5.74, 6) is -0.322. The number of aliphatic hydroxyl groups excluding tert-OH is 1. The van der Waals surface area contributed by atoms with E-state index >= 15 is 0 Å². The van der Waals surface area contributed by atoms with Gasteiger partial charge in [-0.15, -0.1) is 0 Å². The predicted molar refractivity (Wildman–Crippen MR) is 70.1 cm³/mol. The van der Waals surface area contributed by atoms with Crippen LogP contribution in [0.25, 0.3) is 10.9 Å². The van der Waals surface area contributed by atoms with Gasteiger partial charge in [0, 0.05) is 23.6 Å². The molecule has 0 fully saturated rings. The van der Waals surface area contributed by atoms with Crippen molar-refractivity contribution in [3.05, 3.63) is 36.0 Å². The van der Waals surface area contributed by atoms with E-state index in [1.807, 2.05) is 30.5 Å². The maximum absolute atomic E-state index is 11.4. The van der Waals surface area contributed by atoms with Crippen LogP contribution >= 0.6 is 0 Å². The van der Waals surface area contributed by atoms with Crippen LogP contribution in [0.5, 0.6) is 0 Å². The number of fused-ring (bicyclic) bond motifs is 1. The Morgan fingerprint density at radius 2 is 2.22 bits per heavy atom. The van der Waals surface area contributed by atoms with E-state index in [1.54, 1.807) is 0 Å². The number of aromatic amines is 1. The largest absolute Gasteiger partial charge is 0.394 e. The third-order valence-corrected chi connectivity index (χ3v) is 2.90. The average Bonchev–Trinajstić information content (AvgIpc) is 2.81. The van der Waals surface area contributed by atoms with Gasteiger partial charge in [-0.05, 0) is 18.1 Å². The van der Waals surface area contributed by atoms with Crippen molar-refractivity contribution in [3.8, 4) is 0 Å². The zero-order valence-electron chi connectivity index (χ0n) is 10.0. The SMILES string of the molecule is N[C@@H](CO)C(=O)NCCc1c[nH]c2ccccc12. The van der Waals surface area contributed by atoms with Gasteiger partial charge in [-0.25, -0.2) is 0 Å². The van der Waals surface area contributed by atoms with Crippen LogP contribution in [-0.4, -0.2) is 35.2 Å². The minimum absolute atomic E-state index is 0.322. The molecule has 5 nitrogen and oxygen atoms in total. The first-order valence-corrected chi connectivity index (χ1v) is 5.91. The molecular weight excluding hydrogens is 230 g/mol. The Morgan fingerprint density at radius 1 is 1.44 bits per heavy atom. The summed E-state index contributed by atoms with van der Waals surface area (Å²) in [4.78, 5) is 14.5. The fraction of sp³-hybridized carbons (Fsp3) is 0.308. The number of H-pyrrole nitrogens is 1. The topological polar surface area (TPSA) is 91.1 Å². The van der Waals surface area contributed by atoms with Crippen LogP contribution in [0.1, 0.15) is 5.56 Å². The van der Waals surface area contributed by atoms with E-state index in [0.29, 0.717) is 6.54 Å². The molecule has 18 heavy (non-hydrogen) atoms. The van der Waals surface area contributed by atoms with Crippen LogP contribution in [0, 0.1) is 0 Å². The monoisotopic (exact) mass is 247 g/mol. The molecular formula is C13H17N3O2. The second-order valence-corrected chi connectivity index (χ2v) is 4.19. The van der Waals surface area contributed by atoms with Crippen molar-refractivity contribution in [2.24, 2.45) is 5.73 Å². The molecule has 1 aromatic carbocycles. The van der Waals surface area contributed by atoms with Gasteiger partial charge in [0.05, 0.1) is 6.61 Å². The number of nitrogens with two attached hydrogens (primary N) is 1. The Balaban J connectivity index is 1.93. The Bertz CT molecular complexity index is 536. The number of carbonyl (C=O) groups is 1. The van der Waals surface area contributed by atoms with Gasteiger partial charge in [0.1, 0.15) is 6.04 Å². The fourth-order valence-corrected chi connectivity index (χ4v) is 1.87. The lowest BCUT2D eigenvalue weighted by atomic mass is 10.1. The summed E-state index contributed by atoms with van der Waals surface area (Å²) in [6, 6.07) is 7.18. The van der Waals surface area contributed by atoms with Gasteiger partial charge in [-0.2, -0.15) is 0 Å². The van der Waals surface area contributed by atoms with Gasteiger partial charge < -0.3 is 21.1 Å². The number of hydrogen-bond donors (Lipinski definition) is 4. The molecule has 0 bridgehead atoms. The van der Waals surface area contributed by atoms with Gasteiger partial charge in [0.2, 0.25) is 5.91 Å². The molecule has 2 rings (SSSR count). The summed E-state index contributed by atoms with van der Waals surface area (Å²) in [6.45, 7) is 0.174. The molecule has 5 N–H and O–H groups in total. The van der Waals surface area contributed by atoms with Crippen LogP contribution in [0.4, 0.5) is 0 Å². The van der Waals surface area contributed by atoms with Crippen LogP contribution in [-0.2, 0) is 11.2 Å². The number of benzene rings is 1. The Labute approximate surface area is 105 Å². The summed E-state index contributed by atoms with van der Waals surface area (Å²) in [5, 5.41) is 12.6. The number of nitrogens with one attached hydrogen (secondary N) is 2. The molecule has 96 valence electrons. The van der Waals surface area contributed by atoms with Crippen molar-refractivity contribution in [2.45, 2.75) is 12.5 Å². The molecule has 0 radical (unpaired) electrons. The number of aliphatic hydroxyl groups is 1. The Morgan fingerprint density at radius 3 is 3.00 bits per heavy atom. The molecule has 0 aliphatic rings. The molecule has 0 aliphatic heterocycles. The summed E-state index contributed by atoms with van der Waals surface area (Å²) in [7, 11) is 0. The lowest BCUT2D eigenvalue weighted by Gasteiger charge is -2.08. The third-order valence-electron chi connectivity index (χ3n) is 2.90. The van der Waals surface area contributed by atoms with E-state index in [9.17, 15) is 4.79 Å². The number of carbonyl (C=O) groups excluding carboxylic acids is 1. The molecule has 0 aliphatic carbocycles. The molecule has 1 amide bonds. The first-order valence-electron chi connectivity index (χ1n) is 5.91. The molecule has 1 atom stereocenters. The van der Waals surface area contributed by atoms with Gasteiger partial charge in [-0.1, -0.05) is 18.2 Å². The van der Waals surface area contributed by atoms with Crippen molar-refractivity contribution in [1.29, 1.82) is 0 Å². The van der Waals surface area contributed by atoms with Gasteiger partial charge in [0.15, 0.2) is 0 Å². The molecule has 0 saturated carbocycles. The van der Waals surface area contributed by atoms with Crippen molar-refractivity contribution >= 4 is 16.8 Å².